The Hall–Kier alpha value is -2.14. The highest BCUT2D eigenvalue weighted by molar-refractivity contribution is 7.16. The molecule has 0 N–H and O–H groups in total. The van der Waals surface area contributed by atoms with Gasteiger partial charge in [0, 0.05) is 10.9 Å². The van der Waals surface area contributed by atoms with E-state index in [1.807, 2.05) is 28.9 Å². The fourth-order valence-electron chi connectivity index (χ4n) is 2.65. The Labute approximate surface area is 126 Å². The molecule has 3 aromatic heterocycles. The largest absolute Gasteiger partial charge is 0.454 e. The Morgan fingerprint density at radius 1 is 1.19 bits per heavy atom. The Morgan fingerprint density at radius 2 is 2.05 bits per heavy atom. The number of fused-ring (bicyclic) bond motifs is 2. The zero-order valence-electron chi connectivity index (χ0n) is 12.0. The molecule has 0 saturated carbocycles. The minimum atomic E-state index is 0.865. The maximum Gasteiger partial charge on any atom is 0.212 e. The van der Waals surface area contributed by atoms with Gasteiger partial charge in [-0.3, -0.25) is 0 Å². The monoisotopic (exact) mass is 297 g/mol. The summed E-state index contributed by atoms with van der Waals surface area (Å²) in [5.41, 5.74) is 3.00. The third-order valence-corrected chi connectivity index (χ3v) is 4.74. The summed E-state index contributed by atoms with van der Waals surface area (Å²) >= 11 is 1.63. The molecule has 0 fully saturated rings. The molecule has 0 saturated heterocycles. The van der Waals surface area contributed by atoms with E-state index in [0.717, 1.165) is 39.8 Å². The fraction of sp³-hybridized carbons (Fsp3) is 0.250. The molecule has 5 heteroatoms. The van der Waals surface area contributed by atoms with Gasteiger partial charge in [-0.15, -0.1) is 0 Å². The summed E-state index contributed by atoms with van der Waals surface area (Å²) in [5, 5.41) is 6.79. The predicted octanol–water partition coefficient (Wildman–Crippen LogP) is 4.33. The number of hydrogen-bond donors (Lipinski definition) is 0. The van der Waals surface area contributed by atoms with Crippen molar-refractivity contribution in [2.45, 2.75) is 26.7 Å². The van der Waals surface area contributed by atoms with E-state index >= 15 is 0 Å². The normalized spacial score (nSPS) is 11.7. The predicted molar refractivity (Wildman–Crippen MR) is 84.8 cm³/mol. The lowest BCUT2D eigenvalue weighted by atomic mass is 10.1. The number of rotatable bonds is 3. The van der Waals surface area contributed by atoms with Gasteiger partial charge in [-0.2, -0.15) is 5.10 Å². The van der Waals surface area contributed by atoms with Crippen LogP contribution in [0, 0.1) is 0 Å². The van der Waals surface area contributed by atoms with Crippen molar-refractivity contribution in [2.75, 3.05) is 0 Å². The summed E-state index contributed by atoms with van der Waals surface area (Å²) in [4.78, 5) is 5.60. The molecule has 0 unspecified atom stereocenters. The topological polar surface area (TPSA) is 43.3 Å². The Balaban J connectivity index is 1.92. The quantitative estimate of drug-likeness (QED) is 0.565. The van der Waals surface area contributed by atoms with Crippen molar-refractivity contribution in [2.24, 2.45) is 0 Å². The van der Waals surface area contributed by atoms with E-state index in [4.69, 9.17) is 4.42 Å². The summed E-state index contributed by atoms with van der Waals surface area (Å²) in [6.45, 7) is 4.25. The molecule has 0 aliphatic heterocycles. The zero-order chi connectivity index (χ0) is 14.4. The third kappa shape index (κ3) is 1.88. The van der Waals surface area contributed by atoms with Crippen LogP contribution in [0.15, 0.2) is 34.9 Å². The van der Waals surface area contributed by atoms with Crippen LogP contribution in [-0.4, -0.2) is 14.6 Å². The van der Waals surface area contributed by atoms with Crippen molar-refractivity contribution in [3.05, 3.63) is 41.0 Å². The molecule has 1 aromatic carbocycles. The van der Waals surface area contributed by atoms with Gasteiger partial charge in [-0.05, 0) is 18.9 Å². The Bertz CT molecular complexity index is 900. The molecule has 106 valence electrons. The van der Waals surface area contributed by atoms with Crippen molar-refractivity contribution >= 4 is 27.3 Å². The van der Waals surface area contributed by atoms with Gasteiger partial charge < -0.3 is 4.42 Å². The highest BCUT2D eigenvalue weighted by Crippen LogP contribution is 2.34. The van der Waals surface area contributed by atoms with Crippen molar-refractivity contribution in [3.8, 4) is 11.5 Å². The van der Waals surface area contributed by atoms with Crippen LogP contribution < -0.4 is 0 Å². The standard InChI is InChI=1S/C16H15N3OS/c1-3-10-11-7-5-6-8-13(11)20-15(10)12-9-19-16(17-12)21-14(4-2)18-19/h5-9H,3-4H2,1-2H3. The average molecular weight is 297 g/mol. The van der Waals surface area contributed by atoms with E-state index in [2.05, 4.69) is 30.0 Å². The maximum atomic E-state index is 6.03. The molecule has 4 nitrogen and oxygen atoms in total. The first-order chi connectivity index (χ1) is 10.3. The van der Waals surface area contributed by atoms with Gasteiger partial charge in [0.1, 0.15) is 16.3 Å². The van der Waals surface area contributed by atoms with E-state index < -0.39 is 0 Å². The lowest BCUT2D eigenvalue weighted by Crippen LogP contribution is -1.85. The van der Waals surface area contributed by atoms with Crippen molar-refractivity contribution in [1.82, 2.24) is 14.6 Å². The van der Waals surface area contributed by atoms with E-state index in [-0.39, 0.29) is 0 Å². The lowest BCUT2D eigenvalue weighted by Gasteiger charge is -1.95. The molecule has 0 atom stereocenters. The molecule has 0 spiro atoms. The molecule has 0 radical (unpaired) electrons. The van der Waals surface area contributed by atoms with Gasteiger partial charge in [0.15, 0.2) is 5.76 Å². The molecule has 21 heavy (non-hydrogen) atoms. The van der Waals surface area contributed by atoms with E-state index in [9.17, 15) is 0 Å². The highest BCUT2D eigenvalue weighted by atomic mass is 32.1. The Kier molecular flexibility index (Phi) is 2.82. The van der Waals surface area contributed by atoms with Crippen LogP contribution >= 0.6 is 11.3 Å². The lowest BCUT2D eigenvalue weighted by molar-refractivity contribution is 0.625. The second-order valence-electron chi connectivity index (χ2n) is 4.96. The number of furan rings is 1. The summed E-state index contributed by atoms with van der Waals surface area (Å²) in [7, 11) is 0. The molecule has 0 bridgehead atoms. The summed E-state index contributed by atoms with van der Waals surface area (Å²) in [6, 6.07) is 8.15. The van der Waals surface area contributed by atoms with Crippen LogP contribution in [0.1, 0.15) is 24.4 Å². The van der Waals surface area contributed by atoms with E-state index in [1.165, 1.54) is 10.9 Å². The number of imidazole rings is 1. The van der Waals surface area contributed by atoms with Crippen LogP contribution in [0.5, 0.6) is 0 Å². The number of aromatic nitrogens is 3. The van der Waals surface area contributed by atoms with Crippen molar-refractivity contribution < 1.29 is 4.42 Å². The molecule has 3 heterocycles. The van der Waals surface area contributed by atoms with Crippen LogP contribution in [0.25, 0.3) is 27.4 Å². The molecular weight excluding hydrogens is 282 g/mol. The zero-order valence-corrected chi connectivity index (χ0v) is 12.8. The van der Waals surface area contributed by atoms with E-state index in [0.29, 0.717) is 0 Å². The SMILES string of the molecule is CCc1nn2cc(-c3oc4ccccc4c3CC)nc2s1. The van der Waals surface area contributed by atoms with Crippen LogP contribution in [-0.2, 0) is 12.8 Å². The average Bonchev–Trinajstić information content (AvgIpc) is 3.16. The summed E-state index contributed by atoms with van der Waals surface area (Å²) in [6.07, 6.45) is 3.82. The summed E-state index contributed by atoms with van der Waals surface area (Å²) < 4.78 is 7.89. The molecule has 0 aliphatic carbocycles. The number of hydrogen-bond acceptors (Lipinski definition) is 4. The first-order valence-corrected chi connectivity index (χ1v) is 7.97. The smallest absolute Gasteiger partial charge is 0.212 e. The van der Waals surface area contributed by atoms with Crippen molar-refractivity contribution in [3.63, 3.8) is 0 Å². The molecule has 0 aliphatic rings. The third-order valence-electron chi connectivity index (χ3n) is 3.67. The van der Waals surface area contributed by atoms with Gasteiger partial charge in [-0.1, -0.05) is 43.4 Å². The first-order valence-electron chi connectivity index (χ1n) is 7.16. The number of para-hydroxylation sites is 1. The van der Waals surface area contributed by atoms with Gasteiger partial charge in [-0.25, -0.2) is 9.50 Å². The van der Waals surface area contributed by atoms with Gasteiger partial charge in [0.25, 0.3) is 0 Å². The van der Waals surface area contributed by atoms with Crippen LogP contribution in [0.3, 0.4) is 0 Å². The highest BCUT2D eigenvalue weighted by Gasteiger charge is 2.18. The minimum Gasteiger partial charge on any atom is -0.454 e. The van der Waals surface area contributed by atoms with Crippen LogP contribution in [0.2, 0.25) is 0 Å². The van der Waals surface area contributed by atoms with Crippen LogP contribution in [0.4, 0.5) is 0 Å². The number of benzene rings is 1. The maximum absolute atomic E-state index is 6.03. The second kappa shape index (κ2) is 4.70. The number of nitrogens with zero attached hydrogens (tertiary/aromatic N) is 3. The van der Waals surface area contributed by atoms with Gasteiger partial charge in [0.2, 0.25) is 4.96 Å². The van der Waals surface area contributed by atoms with Gasteiger partial charge in [0.05, 0.1) is 6.20 Å². The van der Waals surface area contributed by atoms with Gasteiger partial charge >= 0.3 is 0 Å². The minimum absolute atomic E-state index is 0.865. The molecule has 4 aromatic rings. The van der Waals surface area contributed by atoms with Crippen molar-refractivity contribution in [1.29, 1.82) is 0 Å². The first kappa shape index (κ1) is 12.6. The molecule has 4 rings (SSSR count). The Morgan fingerprint density at radius 3 is 2.81 bits per heavy atom. The summed E-state index contributed by atoms with van der Waals surface area (Å²) in [5.74, 6) is 0.870. The fourth-order valence-corrected chi connectivity index (χ4v) is 3.47. The molecular formula is C16H15N3OS. The second-order valence-corrected chi connectivity index (χ2v) is 6.00. The number of aryl methyl sites for hydroxylation is 2. The van der Waals surface area contributed by atoms with E-state index in [1.54, 1.807) is 11.3 Å². The molecule has 0 amide bonds.